The number of hydrogen-bond donors (Lipinski definition) is 1. The number of amides is 1. The Morgan fingerprint density at radius 1 is 1.50 bits per heavy atom. The van der Waals surface area contributed by atoms with E-state index in [1.54, 1.807) is 17.0 Å². The van der Waals surface area contributed by atoms with Gasteiger partial charge in [-0.3, -0.25) is 4.79 Å². The summed E-state index contributed by atoms with van der Waals surface area (Å²) in [6.07, 6.45) is 0.571. The number of benzene rings is 1. The normalized spacial score (nSPS) is 19.9. The number of likely N-dealkylation sites (tertiary alicyclic amines) is 1. The molecule has 1 atom stereocenters. The third kappa shape index (κ3) is 2.47. The van der Waals surface area contributed by atoms with Gasteiger partial charge in [-0.15, -0.1) is 0 Å². The van der Waals surface area contributed by atoms with Crippen LogP contribution in [0.2, 0.25) is 0 Å². The van der Waals surface area contributed by atoms with Crippen molar-refractivity contribution in [2.24, 2.45) is 11.8 Å². The molecule has 18 heavy (non-hydrogen) atoms. The lowest BCUT2D eigenvalue weighted by molar-refractivity contribution is -0.128. The van der Waals surface area contributed by atoms with Crippen molar-refractivity contribution in [2.75, 3.05) is 12.3 Å². The average Bonchev–Trinajstić information content (AvgIpc) is 2.67. The molecule has 1 aromatic carbocycles. The SMILES string of the molecule is CC(C)C1CC(=O)N(Cc2cccc(N)c2F)C1. The average molecular weight is 250 g/mol. The summed E-state index contributed by atoms with van der Waals surface area (Å²) in [7, 11) is 0. The molecule has 1 aliphatic heterocycles. The van der Waals surface area contributed by atoms with Crippen LogP contribution in [0.3, 0.4) is 0 Å². The van der Waals surface area contributed by atoms with Crippen molar-refractivity contribution in [3.05, 3.63) is 29.6 Å². The van der Waals surface area contributed by atoms with Crippen LogP contribution >= 0.6 is 0 Å². The van der Waals surface area contributed by atoms with E-state index in [2.05, 4.69) is 13.8 Å². The van der Waals surface area contributed by atoms with Gasteiger partial charge in [0.1, 0.15) is 0 Å². The molecule has 0 aromatic heterocycles. The first-order chi connectivity index (χ1) is 8.49. The van der Waals surface area contributed by atoms with Crippen molar-refractivity contribution in [3.8, 4) is 0 Å². The molecule has 1 heterocycles. The Morgan fingerprint density at radius 3 is 2.83 bits per heavy atom. The van der Waals surface area contributed by atoms with E-state index in [-0.39, 0.29) is 11.6 Å². The van der Waals surface area contributed by atoms with Gasteiger partial charge in [0.25, 0.3) is 0 Å². The summed E-state index contributed by atoms with van der Waals surface area (Å²) in [6, 6.07) is 4.93. The smallest absolute Gasteiger partial charge is 0.223 e. The molecule has 0 saturated carbocycles. The molecule has 1 fully saturated rings. The predicted octanol–water partition coefficient (Wildman–Crippen LogP) is 2.41. The van der Waals surface area contributed by atoms with Gasteiger partial charge in [0.15, 0.2) is 5.82 Å². The molecule has 98 valence electrons. The molecule has 3 nitrogen and oxygen atoms in total. The number of halogens is 1. The van der Waals surface area contributed by atoms with Crippen molar-refractivity contribution in [1.29, 1.82) is 0 Å². The second-order valence-corrected chi connectivity index (χ2v) is 5.30. The molecule has 0 bridgehead atoms. The molecule has 0 aliphatic carbocycles. The van der Waals surface area contributed by atoms with Crippen LogP contribution in [0, 0.1) is 17.7 Å². The van der Waals surface area contributed by atoms with Gasteiger partial charge in [0.2, 0.25) is 5.91 Å². The first kappa shape index (κ1) is 12.9. The van der Waals surface area contributed by atoms with Crippen LogP contribution in [0.1, 0.15) is 25.8 Å². The number of rotatable bonds is 3. The van der Waals surface area contributed by atoms with E-state index < -0.39 is 5.82 Å². The number of hydrogen-bond acceptors (Lipinski definition) is 2. The number of nitrogens with zero attached hydrogens (tertiary/aromatic N) is 1. The lowest BCUT2D eigenvalue weighted by atomic mass is 9.95. The lowest BCUT2D eigenvalue weighted by Gasteiger charge is -2.18. The molecule has 2 N–H and O–H groups in total. The molecule has 1 aliphatic rings. The zero-order valence-corrected chi connectivity index (χ0v) is 10.8. The lowest BCUT2D eigenvalue weighted by Crippen LogP contribution is -2.25. The molecular weight excluding hydrogens is 231 g/mol. The molecular formula is C14H19FN2O. The van der Waals surface area contributed by atoms with E-state index in [1.807, 2.05) is 0 Å². The minimum absolute atomic E-state index is 0.107. The molecule has 1 aromatic rings. The van der Waals surface area contributed by atoms with Crippen molar-refractivity contribution in [3.63, 3.8) is 0 Å². The van der Waals surface area contributed by atoms with Crippen LogP contribution in [0.15, 0.2) is 18.2 Å². The zero-order valence-electron chi connectivity index (χ0n) is 10.8. The summed E-state index contributed by atoms with van der Waals surface area (Å²) in [5.41, 5.74) is 6.16. The maximum absolute atomic E-state index is 13.8. The third-order valence-corrected chi connectivity index (χ3v) is 3.66. The van der Waals surface area contributed by atoms with E-state index in [1.165, 1.54) is 6.07 Å². The van der Waals surface area contributed by atoms with Crippen molar-refractivity contribution >= 4 is 11.6 Å². The molecule has 0 spiro atoms. The highest BCUT2D eigenvalue weighted by molar-refractivity contribution is 5.78. The number of carbonyl (C=O) groups excluding carboxylic acids is 1. The first-order valence-corrected chi connectivity index (χ1v) is 6.29. The Kier molecular flexibility index (Phi) is 3.55. The van der Waals surface area contributed by atoms with Crippen molar-refractivity contribution < 1.29 is 9.18 Å². The Hall–Kier alpha value is -1.58. The number of nitrogens with two attached hydrogens (primary N) is 1. The topological polar surface area (TPSA) is 46.3 Å². The number of nitrogen functional groups attached to an aromatic ring is 1. The fourth-order valence-electron chi connectivity index (χ4n) is 2.33. The highest BCUT2D eigenvalue weighted by Gasteiger charge is 2.31. The first-order valence-electron chi connectivity index (χ1n) is 6.29. The standard InChI is InChI=1S/C14H19FN2O/c1-9(2)11-6-13(18)17(8-11)7-10-4-3-5-12(16)14(10)15/h3-5,9,11H,6-8,16H2,1-2H3. The summed E-state index contributed by atoms with van der Waals surface area (Å²) in [5, 5.41) is 0. The zero-order chi connectivity index (χ0) is 13.3. The molecule has 1 unspecified atom stereocenters. The minimum atomic E-state index is -0.404. The fraction of sp³-hybridized carbons (Fsp3) is 0.500. The maximum Gasteiger partial charge on any atom is 0.223 e. The Morgan fingerprint density at radius 2 is 2.22 bits per heavy atom. The maximum atomic E-state index is 13.8. The molecule has 4 heteroatoms. The summed E-state index contributed by atoms with van der Waals surface area (Å²) in [4.78, 5) is 13.6. The molecule has 1 saturated heterocycles. The van der Waals surface area contributed by atoms with E-state index >= 15 is 0 Å². The fourth-order valence-corrected chi connectivity index (χ4v) is 2.33. The van der Waals surface area contributed by atoms with E-state index in [4.69, 9.17) is 5.73 Å². The molecule has 2 rings (SSSR count). The van der Waals surface area contributed by atoms with Crippen molar-refractivity contribution in [2.45, 2.75) is 26.8 Å². The van der Waals surface area contributed by atoms with Crippen LogP contribution in [0.4, 0.5) is 10.1 Å². The van der Waals surface area contributed by atoms with Crippen molar-refractivity contribution in [1.82, 2.24) is 4.90 Å². The second-order valence-electron chi connectivity index (χ2n) is 5.30. The molecule has 1 amide bonds. The van der Waals surface area contributed by atoms with Gasteiger partial charge in [0.05, 0.1) is 5.69 Å². The highest BCUT2D eigenvalue weighted by Crippen LogP contribution is 2.27. The van der Waals surface area contributed by atoms with Gasteiger partial charge in [-0.2, -0.15) is 0 Å². The van der Waals surface area contributed by atoms with Gasteiger partial charge in [-0.05, 0) is 17.9 Å². The minimum Gasteiger partial charge on any atom is -0.396 e. The van der Waals surface area contributed by atoms with E-state index in [0.717, 1.165) is 0 Å². The Bertz CT molecular complexity index is 459. The van der Waals surface area contributed by atoms with E-state index in [9.17, 15) is 9.18 Å². The van der Waals surface area contributed by atoms with Gasteiger partial charge in [-0.1, -0.05) is 26.0 Å². The highest BCUT2D eigenvalue weighted by atomic mass is 19.1. The second kappa shape index (κ2) is 4.96. The van der Waals surface area contributed by atoms with Gasteiger partial charge < -0.3 is 10.6 Å². The van der Waals surface area contributed by atoms with Gasteiger partial charge in [0, 0.05) is 25.1 Å². The predicted molar refractivity (Wildman–Crippen MR) is 69.2 cm³/mol. The summed E-state index contributed by atoms with van der Waals surface area (Å²) < 4.78 is 13.8. The van der Waals surface area contributed by atoms with Gasteiger partial charge in [-0.25, -0.2) is 4.39 Å². The number of anilines is 1. The summed E-state index contributed by atoms with van der Waals surface area (Å²) >= 11 is 0. The summed E-state index contributed by atoms with van der Waals surface area (Å²) in [5.74, 6) is 0.556. The van der Waals surface area contributed by atoms with Crippen LogP contribution < -0.4 is 5.73 Å². The monoisotopic (exact) mass is 250 g/mol. The van der Waals surface area contributed by atoms with Crippen LogP contribution in [0.25, 0.3) is 0 Å². The quantitative estimate of drug-likeness (QED) is 0.837. The Balaban J connectivity index is 2.10. The van der Waals surface area contributed by atoms with E-state index in [0.29, 0.717) is 36.9 Å². The Labute approximate surface area is 107 Å². The number of carbonyl (C=O) groups is 1. The van der Waals surface area contributed by atoms with Crippen LogP contribution in [-0.4, -0.2) is 17.4 Å². The largest absolute Gasteiger partial charge is 0.396 e. The van der Waals surface area contributed by atoms with Crippen LogP contribution in [0.5, 0.6) is 0 Å². The van der Waals surface area contributed by atoms with Crippen LogP contribution in [-0.2, 0) is 11.3 Å². The summed E-state index contributed by atoms with van der Waals surface area (Å²) in [6.45, 7) is 5.26. The molecule has 0 radical (unpaired) electrons. The van der Waals surface area contributed by atoms with Gasteiger partial charge >= 0.3 is 0 Å². The third-order valence-electron chi connectivity index (χ3n) is 3.66.